The van der Waals surface area contributed by atoms with Crippen LogP contribution in [-0.2, 0) is 4.79 Å². The highest BCUT2D eigenvalue weighted by Gasteiger charge is 2.34. The van der Waals surface area contributed by atoms with Crippen LogP contribution in [0.4, 0.5) is 11.4 Å². The smallest absolute Gasteiger partial charge is 0.269 e. The van der Waals surface area contributed by atoms with Crippen LogP contribution >= 0.6 is 0 Å². The molecular weight excluding hydrogens is 342 g/mol. The van der Waals surface area contributed by atoms with Crippen molar-refractivity contribution in [1.82, 2.24) is 4.90 Å². The van der Waals surface area contributed by atoms with E-state index in [1.54, 1.807) is 0 Å². The van der Waals surface area contributed by atoms with E-state index in [1.165, 1.54) is 0 Å². The number of carbonyl (C=O) groups excluding carboxylic acids is 1. The Morgan fingerprint density at radius 3 is 2.33 bits per heavy atom. The molecule has 0 aliphatic carbocycles. The third-order valence-corrected chi connectivity index (χ3v) is 5.11. The summed E-state index contributed by atoms with van der Waals surface area (Å²) in [5.41, 5.74) is 1.85. The van der Waals surface area contributed by atoms with Gasteiger partial charge in [-0.2, -0.15) is 0 Å². The van der Waals surface area contributed by atoms with Crippen molar-refractivity contribution in [2.75, 3.05) is 43.4 Å². The lowest BCUT2D eigenvalue weighted by molar-refractivity contribution is -0.128. The van der Waals surface area contributed by atoms with Crippen molar-refractivity contribution in [2.24, 2.45) is 0 Å². The highest BCUT2D eigenvalue weighted by atomic mass is 16.6. The number of hydrogen-bond donors (Lipinski definition) is 1. The predicted octanol–water partition coefficient (Wildman–Crippen LogP) is 2.61. The van der Waals surface area contributed by atoms with Crippen molar-refractivity contribution in [3.63, 3.8) is 0 Å². The Labute approximate surface area is 159 Å². The molecule has 2 aromatic carbocycles. The molecule has 2 aliphatic rings. The number of piperazine rings is 1. The van der Waals surface area contributed by atoms with Gasteiger partial charge in [0.05, 0.1) is 11.4 Å². The molecule has 1 saturated heterocycles. The average Bonchev–Trinajstić information content (AvgIpc) is 2.68. The zero-order chi connectivity index (χ0) is 18.8. The fraction of sp³-hybridized carbons (Fsp3) is 0.381. The summed E-state index contributed by atoms with van der Waals surface area (Å²) in [5.74, 6) is 1.08. The van der Waals surface area contributed by atoms with Crippen LogP contribution in [-0.4, -0.2) is 56.2 Å². The van der Waals surface area contributed by atoms with E-state index in [0.29, 0.717) is 11.5 Å². The molecule has 27 heavy (non-hydrogen) atoms. The van der Waals surface area contributed by atoms with Gasteiger partial charge in [-0.3, -0.25) is 4.79 Å². The summed E-state index contributed by atoms with van der Waals surface area (Å²) in [5, 5.41) is 3.05. The Bertz CT molecular complexity index is 818. The second kappa shape index (κ2) is 7.48. The maximum absolute atomic E-state index is 12.9. The minimum absolute atomic E-state index is 0.196. The number of carbonyl (C=O) groups is 1. The first-order valence-electron chi connectivity index (χ1n) is 9.37. The lowest BCUT2D eigenvalue weighted by Gasteiger charge is -2.35. The maximum Gasteiger partial charge on any atom is 0.269 e. The van der Waals surface area contributed by atoms with Gasteiger partial charge in [0.2, 0.25) is 6.10 Å². The van der Waals surface area contributed by atoms with Crippen molar-refractivity contribution < 1.29 is 14.3 Å². The molecule has 6 nitrogen and oxygen atoms in total. The third kappa shape index (κ3) is 3.71. The molecule has 2 aromatic rings. The highest BCUT2D eigenvalue weighted by molar-refractivity contribution is 5.98. The van der Waals surface area contributed by atoms with Gasteiger partial charge in [-0.05, 0) is 38.2 Å². The van der Waals surface area contributed by atoms with Gasteiger partial charge in [-0.25, -0.2) is 0 Å². The van der Waals surface area contributed by atoms with E-state index in [1.807, 2.05) is 49.4 Å². The van der Waals surface area contributed by atoms with Crippen LogP contribution < -0.4 is 19.7 Å². The quantitative estimate of drug-likeness (QED) is 0.904. The first-order chi connectivity index (χ1) is 13.1. The Morgan fingerprint density at radius 1 is 0.963 bits per heavy atom. The van der Waals surface area contributed by atoms with Gasteiger partial charge < -0.3 is 24.6 Å². The predicted molar refractivity (Wildman–Crippen MR) is 106 cm³/mol. The fourth-order valence-electron chi connectivity index (χ4n) is 3.51. The molecule has 2 atom stereocenters. The van der Waals surface area contributed by atoms with Gasteiger partial charge in [0.15, 0.2) is 11.5 Å². The molecule has 2 unspecified atom stereocenters. The number of amides is 1. The van der Waals surface area contributed by atoms with Crippen molar-refractivity contribution >= 4 is 17.3 Å². The molecule has 1 amide bonds. The van der Waals surface area contributed by atoms with Gasteiger partial charge in [-0.15, -0.1) is 0 Å². The minimum Gasteiger partial charge on any atom is -0.482 e. The van der Waals surface area contributed by atoms with Crippen LogP contribution in [0.15, 0.2) is 48.5 Å². The molecule has 6 heteroatoms. The van der Waals surface area contributed by atoms with E-state index in [2.05, 4.69) is 28.2 Å². The van der Waals surface area contributed by atoms with E-state index in [-0.39, 0.29) is 12.0 Å². The normalized spacial score (nSPS) is 22.4. The zero-order valence-electron chi connectivity index (χ0n) is 15.7. The van der Waals surface area contributed by atoms with Gasteiger partial charge in [0.25, 0.3) is 5.91 Å². The topological polar surface area (TPSA) is 54.0 Å². The Kier molecular flexibility index (Phi) is 4.90. The monoisotopic (exact) mass is 367 g/mol. The van der Waals surface area contributed by atoms with Crippen LogP contribution in [0.1, 0.15) is 6.92 Å². The van der Waals surface area contributed by atoms with E-state index in [4.69, 9.17) is 9.47 Å². The van der Waals surface area contributed by atoms with E-state index in [9.17, 15) is 4.79 Å². The summed E-state index contributed by atoms with van der Waals surface area (Å²) < 4.78 is 11.8. The first kappa shape index (κ1) is 17.7. The summed E-state index contributed by atoms with van der Waals surface area (Å²) in [4.78, 5) is 17.6. The number of benzene rings is 2. The summed E-state index contributed by atoms with van der Waals surface area (Å²) in [6.45, 7) is 5.75. The number of para-hydroxylation sites is 4. The molecule has 0 radical (unpaired) electrons. The van der Waals surface area contributed by atoms with Crippen LogP contribution in [0.5, 0.6) is 11.5 Å². The zero-order valence-corrected chi connectivity index (χ0v) is 15.7. The molecule has 1 N–H and O–H groups in total. The van der Waals surface area contributed by atoms with E-state index >= 15 is 0 Å². The number of nitrogens with one attached hydrogen (secondary N) is 1. The number of fused-ring (bicyclic) bond motifs is 1. The van der Waals surface area contributed by atoms with Gasteiger partial charge in [0.1, 0.15) is 6.10 Å². The van der Waals surface area contributed by atoms with E-state index in [0.717, 1.165) is 37.6 Å². The second-order valence-electron chi connectivity index (χ2n) is 7.10. The van der Waals surface area contributed by atoms with Crippen molar-refractivity contribution in [3.8, 4) is 11.5 Å². The Morgan fingerprint density at radius 2 is 1.59 bits per heavy atom. The fourth-order valence-corrected chi connectivity index (χ4v) is 3.51. The Hall–Kier alpha value is -2.73. The number of anilines is 2. The number of nitrogens with zero attached hydrogens (tertiary/aromatic N) is 2. The molecule has 2 heterocycles. The standard InChI is InChI=1S/C21H25N3O3/c1-15-20(27-19-10-6-5-9-18(19)26-15)21(25)22-16-7-3-4-8-17(16)24-13-11-23(2)12-14-24/h3-10,15,20H,11-14H2,1-2H3,(H,22,25). The largest absolute Gasteiger partial charge is 0.482 e. The summed E-state index contributed by atoms with van der Waals surface area (Å²) in [6.07, 6.45) is -1.06. The molecule has 4 rings (SSSR count). The molecule has 1 fully saturated rings. The van der Waals surface area contributed by atoms with Gasteiger partial charge >= 0.3 is 0 Å². The minimum atomic E-state index is -0.694. The molecule has 0 saturated carbocycles. The molecule has 2 aliphatic heterocycles. The molecular formula is C21H25N3O3. The molecule has 0 spiro atoms. The summed E-state index contributed by atoms with van der Waals surface area (Å²) in [7, 11) is 2.13. The number of hydrogen-bond acceptors (Lipinski definition) is 5. The third-order valence-electron chi connectivity index (χ3n) is 5.11. The number of rotatable bonds is 3. The summed E-state index contributed by atoms with van der Waals surface area (Å²) in [6, 6.07) is 15.4. The van der Waals surface area contributed by atoms with Crippen LogP contribution in [0, 0.1) is 0 Å². The first-order valence-corrected chi connectivity index (χ1v) is 9.37. The lowest BCUT2D eigenvalue weighted by atomic mass is 10.1. The Balaban J connectivity index is 1.50. The van der Waals surface area contributed by atoms with E-state index < -0.39 is 6.10 Å². The maximum atomic E-state index is 12.9. The average molecular weight is 367 g/mol. The summed E-state index contributed by atoms with van der Waals surface area (Å²) >= 11 is 0. The van der Waals surface area contributed by atoms with Gasteiger partial charge in [0, 0.05) is 26.2 Å². The van der Waals surface area contributed by atoms with Gasteiger partial charge in [-0.1, -0.05) is 24.3 Å². The number of ether oxygens (including phenoxy) is 2. The van der Waals surface area contributed by atoms with Crippen molar-refractivity contribution in [1.29, 1.82) is 0 Å². The molecule has 0 aromatic heterocycles. The highest BCUT2D eigenvalue weighted by Crippen LogP contribution is 2.34. The SMILES string of the molecule is CC1Oc2ccccc2OC1C(=O)Nc1ccccc1N1CCN(C)CC1. The van der Waals surface area contributed by atoms with Crippen LogP contribution in [0.2, 0.25) is 0 Å². The molecule has 0 bridgehead atoms. The van der Waals surface area contributed by atoms with Crippen LogP contribution in [0.25, 0.3) is 0 Å². The van der Waals surface area contributed by atoms with Crippen molar-refractivity contribution in [3.05, 3.63) is 48.5 Å². The van der Waals surface area contributed by atoms with Crippen LogP contribution in [0.3, 0.4) is 0 Å². The second-order valence-corrected chi connectivity index (χ2v) is 7.10. The lowest BCUT2D eigenvalue weighted by Crippen LogP contribution is -2.47. The van der Waals surface area contributed by atoms with Crippen molar-refractivity contribution in [2.45, 2.75) is 19.1 Å². The molecule has 142 valence electrons. The number of likely N-dealkylation sites (N-methyl/N-ethyl adjacent to an activating group) is 1.